The number of hydrogen-bond donors (Lipinski definition) is 3. The van der Waals surface area contributed by atoms with Crippen LogP contribution in [0.15, 0.2) is 71.4 Å². The molecule has 0 spiro atoms. The lowest BCUT2D eigenvalue weighted by molar-refractivity contribution is 0.0862. The minimum Gasteiger partial charge on any atom is -0.393 e. The maximum absolute atomic E-state index is 11.4. The maximum Gasteiger partial charge on any atom is 0.0811 e. The van der Waals surface area contributed by atoms with Gasteiger partial charge in [-0.3, -0.25) is 0 Å². The van der Waals surface area contributed by atoms with E-state index in [-0.39, 0.29) is 16.9 Å². The number of allylic oxidation sites excluding steroid dienone is 4. The number of rotatable bonds is 7. The zero-order valence-corrected chi connectivity index (χ0v) is 24.6. The molecule has 3 heteroatoms. The Morgan fingerprint density at radius 2 is 1.79 bits per heavy atom. The van der Waals surface area contributed by atoms with E-state index >= 15 is 0 Å². The third-order valence-corrected chi connectivity index (χ3v) is 11.0. The smallest absolute Gasteiger partial charge is 0.0811 e. The van der Waals surface area contributed by atoms with Crippen LogP contribution in [-0.2, 0) is 5.41 Å². The average Bonchev–Trinajstić information content (AvgIpc) is 3.64. The number of aliphatic hydroxyl groups is 3. The van der Waals surface area contributed by atoms with E-state index in [1.54, 1.807) is 0 Å². The number of hydrogen-bond acceptors (Lipinski definition) is 3. The van der Waals surface area contributed by atoms with Gasteiger partial charge in [-0.2, -0.15) is 0 Å². The predicted molar refractivity (Wildman–Crippen MR) is 161 cm³/mol. The molecule has 5 rings (SSSR count). The Balaban J connectivity index is 1.27. The van der Waals surface area contributed by atoms with Crippen LogP contribution in [0, 0.1) is 17.3 Å². The highest BCUT2D eigenvalue weighted by molar-refractivity contribution is 5.39. The standard InChI is InChI=1S/C36H50O3/c1-23(2)26-11-13-29(14-12-26)36(19-20-36)34(39)17-8-24(3)31-15-16-32-27(7-6-18-35(31,32)5)9-10-28-21-30(37)22-33(38)25(28)4/h8-14,23,30-34,37-39H,4,6-7,15-22H2,1-3,5H3/b24-8?,27-9+,28-10-/t30-,31-,32+,33+,34-,35-/m1/s1. The van der Waals surface area contributed by atoms with Crippen LogP contribution in [0.1, 0.15) is 109 Å². The SMILES string of the molecule is C=C1/C(=C\C=C2/CCC[C@]3(C)[C@@H](C(C)=CC[C@@H](O)C4(c5ccc(C(C)C)cc5)CC4)CC[C@@H]23)C[C@@H](O)C[C@@H]1O. The molecule has 1 aromatic rings. The summed E-state index contributed by atoms with van der Waals surface area (Å²) < 4.78 is 0. The van der Waals surface area contributed by atoms with Gasteiger partial charge in [0.2, 0.25) is 0 Å². The summed E-state index contributed by atoms with van der Waals surface area (Å²) in [7, 11) is 0. The van der Waals surface area contributed by atoms with Crippen LogP contribution in [0.3, 0.4) is 0 Å². The van der Waals surface area contributed by atoms with Crippen LogP contribution in [-0.4, -0.2) is 33.6 Å². The maximum atomic E-state index is 11.4. The molecule has 4 aliphatic rings. The Hall–Kier alpha value is -1.94. The molecule has 6 atom stereocenters. The van der Waals surface area contributed by atoms with Crippen molar-refractivity contribution in [3.63, 3.8) is 0 Å². The molecule has 212 valence electrons. The Morgan fingerprint density at radius 3 is 2.46 bits per heavy atom. The first-order chi connectivity index (χ1) is 18.5. The predicted octanol–water partition coefficient (Wildman–Crippen LogP) is 7.68. The second kappa shape index (κ2) is 11.1. The van der Waals surface area contributed by atoms with Crippen LogP contribution in [0.2, 0.25) is 0 Å². The van der Waals surface area contributed by atoms with E-state index in [1.165, 1.54) is 48.0 Å². The topological polar surface area (TPSA) is 60.7 Å². The fraction of sp³-hybridized carbons (Fsp3) is 0.611. The molecule has 0 saturated heterocycles. The van der Waals surface area contributed by atoms with Gasteiger partial charge in [-0.05, 0) is 110 Å². The second-order valence-electron chi connectivity index (χ2n) is 13.7. The molecule has 3 nitrogen and oxygen atoms in total. The Labute approximate surface area is 236 Å². The highest BCUT2D eigenvalue weighted by Crippen LogP contribution is 2.59. The molecule has 1 aromatic carbocycles. The summed E-state index contributed by atoms with van der Waals surface area (Å²) in [4.78, 5) is 0. The quantitative estimate of drug-likeness (QED) is 0.317. The molecule has 0 aliphatic heterocycles. The van der Waals surface area contributed by atoms with Crippen molar-refractivity contribution in [2.75, 3.05) is 0 Å². The first-order valence-electron chi connectivity index (χ1n) is 15.4. The summed E-state index contributed by atoms with van der Waals surface area (Å²) in [6.45, 7) is 13.3. The van der Waals surface area contributed by atoms with Gasteiger partial charge in [0.25, 0.3) is 0 Å². The molecule has 0 bridgehead atoms. The molecular formula is C36H50O3. The van der Waals surface area contributed by atoms with Crippen LogP contribution >= 0.6 is 0 Å². The van der Waals surface area contributed by atoms with Crippen molar-refractivity contribution in [1.29, 1.82) is 0 Å². The Morgan fingerprint density at radius 1 is 1.08 bits per heavy atom. The van der Waals surface area contributed by atoms with Gasteiger partial charge < -0.3 is 15.3 Å². The summed E-state index contributed by atoms with van der Waals surface area (Å²) in [5.74, 6) is 1.66. The normalized spacial score (nSPS) is 35.5. The van der Waals surface area contributed by atoms with Gasteiger partial charge in [0.05, 0.1) is 18.3 Å². The molecular weight excluding hydrogens is 480 g/mol. The molecule has 0 unspecified atom stereocenters. The van der Waals surface area contributed by atoms with Crippen molar-refractivity contribution in [1.82, 2.24) is 0 Å². The highest BCUT2D eigenvalue weighted by atomic mass is 16.3. The summed E-state index contributed by atoms with van der Waals surface area (Å²) in [5, 5.41) is 31.7. The highest BCUT2D eigenvalue weighted by Gasteiger charge is 2.51. The zero-order chi connectivity index (χ0) is 27.9. The molecule has 0 heterocycles. The van der Waals surface area contributed by atoms with Gasteiger partial charge in [-0.25, -0.2) is 0 Å². The van der Waals surface area contributed by atoms with Gasteiger partial charge >= 0.3 is 0 Å². The summed E-state index contributed by atoms with van der Waals surface area (Å²) in [6, 6.07) is 8.98. The minimum absolute atomic E-state index is 0.0626. The third-order valence-electron chi connectivity index (χ3n) is 11.0. The average molecular weight is 531 g/mol. The van der Waals surface area contributed by atoms with E-state index in [2.05, 4.69) is 76.8 Å². The lowest BCUT2D eigenvalue weighted by atomic mass is 9.62. The largest absolute Gasteiger partial charge is 0.393 e. The lowest BCUT2D eigenvalue weighted by Gasteiger charge is -2.43. The molecule has 4 aliphatic carbocycles. The summed E-state index contributed by atoms with van der Waals surface area (Å²) in [5.41, 5.74) is 7.59. The summed E-state index contributed by atoms with van der Waals surface area (Å²) in [6.07, 6.45) is 15.2. The van der Waals surface area contributed by atoms with E-state index in [0.717, 1.165) is 36.8 Å². The van der Waals surface area contributed by atoms with Crippen LogP contribution in [0.4, 0.5) is 0 Å². The molecule has 0 amide bonds. The molecule has 4 fully saturated rings. The lowest BCUT2D eigenvalue weighted by Crippen LogP contribution is -2.34. The van der Waals surface area contributed by atoms with Crippen molar-refractivity contribution in [2.24, 2.45) is 17.3 Å². The van der Waals surface area contributed by atoms with Crippen molar-refractivity contribution in [2.45, 2.75) is 122 Å². The third kappa shape index (κ3) is 5.52. The van der Waals surface area contributed by atoms with E-state index in [9.17, 15) is 15.3 Å². The molecule has 39 heavy (non-hydrogen) atoms. The molecule has 4 saturated carbocycles. The number of benzene rings is 1. The minimum atomic E-state index is -0.636. The Bertz CT molecular complexity index is 1150. The van der Waals surface area contributed by atoms with Crippen molar-refractivity contribution in [3.8, 4) is 0 Å². The molecule has 3 N–H and O–H groups in total. The van der Waals surface area contributed by atoms with E-state index < -0.39 is 12.2 Å². The van der Waals surface area contributed by atoms with Gasteiger partial charge in [-0.1, -0.05) is 81.0 Å². The van der Waals surface area contributed by atoms with Crippen molar-refractivity contribution in [3.05, 3.63) is 82.5 Å². The Kier molecular flexibility index (Phi) is 8.17. The van der Waals surface area contributed by atoms with Crippen molar-refractivity contribution < 1.29 is 15.3 Å². The van der Waals surface area contributed by atoms with Gasteiger partial charge in [0, 0.05) is 11.8 Å². The van der Waals surface area contributed by atoms with Gasteiger partial charge in [0.15, 0.2) is 0 Å². The van der Waals surface area contributed by atoms with Crippen LogP contribution in [0.25, 0.3) is 0 Å². The first kappa shape index (κ1) is 28.6. The number of aliphatic hydroxyl groups excluding tert-OH is 3. The van der Waals surface area contributed by atoms with Crippen molar-refractivity contribution >= 4 is 0 Å². The van der Waals surface area contributed by atoms with Crippen LogP contribution < -0.4 is 0 Å². The fourth-order valence-corrected chi connectivity index (χ4v) is 8.27. The van der Waals surface area contributed by atoms with E-state index in [0.29, 0.717) is 30.6 Å². The van der Waals surface area contributed by atoms with Crippen LogP contribution in [0.5, 0.6) is 0 Å². The first-order valence-corrected chi connectivity index (χ1v) is 15.4. The number of fused-ring (bicyclic) bond motifs is 1. The monoisotopic (exact) mass is 530 g/mol. The fourth-order valence-electron chi connectivity index (χ4n) is 8.27. The van der Waals surface area contributed by atoms with Gasteiger partial charge in [-0.15, -0.1) is 0 Å². The second-order valence-corrected chi connectivity index (χ2v) is 13.7. The molecule has 0 radical (unpaired) electrons. The zero-order valence-electron chi connectivity index (χ0n) is 24.6. The van der Waals surface area contributed by atoms with E-state index in [1.807, 2.05) is 0 Å². The molecule has 0 aromatic heterocycles. The van der Waals surface area contributed by atoms with Gasteiger partial charge in [0.1, 0.15) is 0 Å². The van der Waals surface area contributed by atoms with E-state index in [4.69, 9.17) is 0 Å². The summed E-state index contributed by atoms with van der Waals surface area (Å²) >= 11 is 0.